The van der Waals surface area contributed by atoms with E-state index in [2.05, 4.69) is 10.2 Å². The van der Waals surface area contributed by atoms with Crippen LogP contribution in [0.1, 0.15) is 18.2 Å². The van der Waals surface area contributed by atoms with Gasteiger partial charge in [0.25, 0.3) is 0 Å². The molecule has 1 rings (SSSR count). The van der Waals surface area contributed by atoms with E-state index in [4.69, 9.17) is 11.6 Å². The van der Waals surface area contributed by atoms with Gasteiger partial charge in [-0.1, -0.05) is 11.6 Å². The molecule has 15 heavy (non-hydrogen) atoms. The van der Waals surface area contributed by atoms with Gasteiger partial charge in [-0.15, -0.1) is 0 Å². The molecular formula is C9H13ClN2O2S. The number of aromatic amines is 1. The zero-order valence-corrected chi connectivity index (χ0v) is 10.2. The Balaban J connectivity index is 2.78. The summed E-state index contributed by atoms with van der Waals surface area (Å²) in [6, 6.07) is 0. The summed E-state index contributed by atoms with van der Waals surface area (Å²) in [7, 11) is -3.16. The fourth-order valence-corrected chi connectivity index (χ4v) is 2.95. The van der Waals surface area contributed by atoms with Gasteiger partial charge in [-0.25, -0.2) is 8.42 Å². The van der Waals surface area contributed by atoms with Crippen molar-refractivity contribution in [3.05, 3.63) is 28.6 Å². The molecule has 6 heteroatoms. The van der Waals surface area contributed by atoms with E-state index < -0.39 is 9.84 Å². The minimum Gasteiger partial charge on any atom is -0.281 e. The first-order chi connectivity index (χ1) is 6.94. The zero-order valence-electron chi connectivity index (χ0n) is 8.62. The van der Waals surface area contributed by atoms with Crippen LogP contribution in [-0.4, -0.2) is 24.4 Å². The highest BCUT2D eigenvalue weighted by Crippen LogP contribution is 2.11. The van der Waals surface area contributed by atoms with Gasteiger partial charge in [-0.2, -0.15) is 5.10 Å². The molecule has 0 aliphatic heterocycles. The Hall–Kier alpha value is -0.810. The van der Waals surface area contributed by atoms with E-state index in [1.807, 2.05) is 6.92 Å². The molecule has 1 aromatic rings. The minimum absolute atomic E-state index is 0.0189. The van der Waals surface area contributed by atoms with Gasteiger partial charge < -0.3 is 0 Å². The molecule has 4 nitrogen and oxygen atoms in total. The molecule has 1 heterocycles. The van der Waals surface area contributed by atoms with Crippen molar-refractivity contribution in [2.75, 3.05) is 5.75 Å². The molecule has 1 aromatic heterocycles. The average Bonchev–Trinajstić information content (AvgIpc) is 2.50. The van der Waals surface area contributed by atoms with Crippen LogP contribution in [0.15, 0.2) is 17.3 Å². The fraction of sp³-hybridized carbons (Fsp3) is 0.444. The molecule has 1 N–H and O–H groups in total. The smallest absolute Gasteiger partial charge is 0.159 e. The Bertz CT molecular complexity index is 462. The Morgan fingerprint density at radius 2 is 2.33 bits per heavy atom. The van der Waals surface area contributed by atoms with Crippen molar-refractivity contribution in [3.8, 4) is 0 Å². The number of nitrogens with one attached hydrogen (secondary N) is 1. The van der Waals surface area contributed by atoms with Crippen LogP contribution >= 0.6 is 11.6 Å². The average molecular weight is 249 g/mol. The molecule has 0 aromatic carbocycles. The van der Waals surface area contributed by atoms with Gasteiger partial charge in [0.1, 0.15) is 0 Å². The molecule has 0 bridgehead atoms. The third-order valence-electron chi connectivity index (χ3n) is 1.93. The highest BCUT2D eigenvalue weighted by atomic mass is 35.5. The van der Waals surface area contributed by atoms with Crippen molar-refractivity contribution >= 4 is 21.4 Å². The van der Waals surface area contributed by atoms with Gasteiger partial charge in [-0.3, -0.25) is 5.10 Å². The number of rotatable bonds is 4. The Morgan fingerprint density at radius 3 is 2.80 bits per heavy atom. The second-order valence-electron chi connectivity index (χ2n) is 3.52. The van der Waals surface area contributed by atoms with Crippen molar-refractivity contribution in [2.45, 2.75) is 19.6 Å². The van der Waals surface area contributed by atoms with Crippen LogP contribution in [0.25, 0.3) is 0 Å². The minimum atomic E-state index is -3.16. The summed E-state index contributed by atoms with van der Waals surface area (Å²) in [5, 5.41) is 6.45. The summed E-state index contributed by atoms with van der Waals surface area (Å²) in [6.07, 6.45) is 1.61. The second kappa shape index (κ2) is 4.81. The second-order valence-corrected chi connectivity index (χ2v) is 5.80. The van der Waals surface area contributed by atoms with Gasteiger partial charge in [0.05, 0.1) is 23.4 Å². The topological polar surface area (TPSA) is 62.8 Å². The van der Waals surface area contributed by atoms with Gasteiger partial charge in [0, 0.05) is 5.54 Å². The van der Waals surface area contributed by atoms with Crippen LogP contribution in [0.5, 0.6) is 0 Å². The van der Waals surface area contributed by atoms with E-state index >= 15 is 0 Å². The van der Waals surface area contributed by atoms with Crippen LogP contribution in [0.2, 0.25) is 0 Å². The molecule has 84 valence electrons. The molecular weight excluding hydrogens is 236 g/mol. The summed E-state index contributed by atoms with van der Waals surface area (Å²) in [4.78, 5) is 0. The van der Waals surface area contributed by atoms with Gasteiger partial charge in [0.15, 0.2) is 9.84 Å². The maximum atomic E-state index is 11.7. The third-order valence-corrected chi connectivity index (χ3v) is 3.93. The third kappa shape index (κ3) is 3.68. The van der Waals surface area contributed by atoms with Crippen LogP contribution in [0.3, 0.4) is 0 Å². The maximum Gasteiger partial charge on any atom is 0.159 e. The van der Waals surface area contributed by atoms with Crippen molar-refractivity contribution < 1.29 is 8.42 Å². The van der Waals surface area contributed by atoms with Crippen LogP contribution in [-0.2, 0) is 15.6 Å². The van der Waals surface area contributed by atoms with Crippen LogP contribution in [0.4, 0.5) is 0 Å². The molecule has 0 aliphatic carbocycles. The highest BCUT2D eigenvalue weighted by molar-refractivity contribution is 7.90. The van der Waals surface area contributed by atoms with Crippen molar-refractivity contribution in [3.63, 3.8) is 0 Å². The van der Waals surface area contributed by atoms with E-state index in [1.54, 1.807) is 13.1 Å². The number of sulfone groups is 1. The molecule has 0 saturated heterocycles. The standard InChI is InChI=1S/C9H13ClN2O2S/c1-7(3-10)5-15(13,14)6-9-8(2)4-11-12-9/h3-4H,5-6H2,1-2H3,(H,11,12)/b7-3+. The number of hydrogen-bond donors (Lipinski definition) is 1. The summed E-state index contributed by atoms with van der Waals surface area (Å²) in [5.74, 6) is -0.0458. The first-order valence-electron chi connectivity index (χ1n) is 4.40. The van der Waals surface area contributed by atoms with Gasteiger partial charge >= 0.3 is 0 Å². The first-order valence-corrected chi connectivity index (χ1v) is 6.65. The zero-order chi connectivity index (χ0) is 11.5. The summed E-state index contributed by atoms with van der Waals surface area (Å²) in [6.45, 7) is 3.50. The Labute approximate surface area is 94.3 Å². The molecule has 0 atom stereocenters. The van der Waals surface area contributed by atoms with Crippen molar-refractivity contribution in [1.82, 2.24) is 10.2 Å². The van der Waals surface area contributed by atoms with Crippen LogP contribution in [0, 0.1) is 6.92 Å². The quantitative estimate of drug-likeness (QED) is 0.884. The summed E-state index contributed by atoms with van der Waals surface area (Å²) in [5.41, 5.74) is 3.41. The lowest BCUT2D eigenvalue weighted by atomic mass is 10.3. The van der Waals surface area contributed by atoms with E-state index in [-0.39, 0.29) is 11.5 Å². The fourth-order valence-electron chi connectivity index (χ4n) is 1.17. The first kappa shape index (κ1) is 12.3. The van der Waals surface area contributed by atoms with Gasteiger partial charge in [-0.05, 0) is 25.0 Å². The Kier molecular flexibility index (Phi) is 3.93. The summed E-state index contributed by atoms with van der Waals surface area (Å²) < 4.78 is 23.3. The largest absolute Gasteiger partial charge is 0.281 e. The van der Waals surface area contributed by atoms with Crippen LogP contribution < -0.4 is 0 Å². The lowest BCUT2D eigenvalue weighted by molar-refractivity contribution is 0.596. The summed E-state index contributed by atoms with van der Waals surface area (Å²) >= 11 is 5.42. The van der Waals surface area contributed by atoms with Crippen molar-refractivity contribution in [1.29, 1.82) is 0 Å². The number of hydrogen-bond acceptors (Lipinski definition) is 3. The van der Waals surface area contributed by atoms with Crippen molar-refractivity contribution in [2.24, 2.45) is 0 Å². The lowest BCUT2D eigenvalue weighted by Gasteiger charge is -2.03. The molecule has 0 spiro atoms. The SMILES string of the molecule is C/C(=C\Cl)CS(=O)(=O)Cc1[nH]ncc1C. The number of halogens is 1. The number of H-pyrrole nitrogens is 1. The molecule has 0 saturated carbocycles. The van der Waals surface area contributed by atoms with E-state index in [0.717, 1.165) is 5.56 Å². The molecule has 0 radical (unpaired) electrons. The van der Waals surface area contributed by atoms with E-state index in [9.17, 15) is 8.42 Å². The monoisotopic (exact) mass is 248 g/mol. The van der Waals surface area contributed by atoms with E-state index in [1.165, 1.54) is 5.54 Å². The van der Waals surface area contributed by atoms with Gasteiger partial charge in [0.2, 0.25) is 0 Å². The number of aromatic nitrogens is 2. The molecule has 0 fully saturated rings. The molecule has 0 aliphatic rings. The normalized spacial score (nSPS) is 13.1. The highest BCUT2D eigenvalue weighted by Gasteiger charge is 2.15. The predicted molar refractivity (Wildman–Crippen MR) is 60.4 cm³/mol. The Morgan fingerprint density at radius 1 is 1.67 bits per heavy atom. The van der Waals surface area contributed by atoms with E-state index in [0.29, 0.717) is 11.3 Å². The maximum absolute atomic E-state index is 11.7. The predicted octanol–water partition coefficient (Wildman–Crippen LogP) is 1.78. The lowest BCUT2D eigenvalue weighted by Crippen LogP contribution is -2.11. The molecule has 0 unspecified atom stereocenters. The number of nitrogens with zero attached hydrogens (tertiary/aromatic N) is 1. The number of aryl methyl sites for hydroxylation is 1. The molecule has 0 amide bonds.